The van der Waals surface area contributed by atoms with Crippen molar-refractivity contribution in [2.45, 2.75) is 70.6 Å². The van der Waals surface area contributed by atoms with Crippen LogP contribution in [0, 0.1) is 5.92 Å². The molecule has 3 aliphatic rings. The summed E-state index contributed by atoms with van der Waals surface area (Å²) in [6, 6.07) is 9.03. The van der Waals surface area contributed by atoms with E-state index in [1.165, 1.54) is 19.3 Å². The van der Waals surface area contributed by atoms with Gasteiger partial charge in [-0.3, -0.25) is 9.59 Å². The third-order valence-electron chi connectivity index (χ3n) is 7.20. The van der Waals surface area contributed by atoms with Crippen LogP contribution in [0.25, 0.3) is 0 Å². The molecule has 0 aromatic heterocycles. The highest BCUT2D eigenvalue weighted by Gasteiger charge is 2.50. The van der Waals surface area contributed by atoms with E-state index in [1.54, 1.807) is 22.0 Å². The Kier molecular flexibility index (Phi) is 7.53. The van der Waals surface area contributed by atoms with E-state index in [4.69, 9.17) is 0 Å². The Bertz CT molecular complexity index is 842. The quantitative estimate of drug-likeness (QED) is 0.716. The number of fused-ring (bicyclic) bond motifs is 1. The molecular weight excluding hydrogens is 418 g/mol. The first-order chi connectivity index (χ1) is 16.0. The molecule has 2 heterocycles. The van der Waals surface area contributed by atoms with Gasteiger partial charge in [0.1, 0.15) is 12.2 Å². The second-order valence-electron chi connectivity index (χ2n) is 9.64. The summed E-state index contributed by atoms with van der Waals surface area (Å²) in [5.41, 5.74) is 1.01. The maximum Gasteiger partial charge on any atom is 0.334 e. The average Bonchev–Trinajstić information content (AvgIpc) is 2.81. The van der Waals surface area contributed by atoms with Crippen molar-refractivity contribution >= 4 is 17.8 Å². The summed E-state index contributed by atoms with van der Waals surface area (Å²) < 4.78 is 0. The van der Waals surface area contributed by atoms with Gasteiger partial charge < -0.3 is 15.1 Å². The summed E-state index contributed by atoms with van der Waals surface area (Å²) in [6.45, 7) is 3.62. The topological polar surface area (TPSA) is 76.2 Å². The highest BCUT2D eigenvalue weighted by Crippen LogP contribution is 2.31. The zero-order chi connectivity index (χ0) is 23.4. The first-order valence-electron chi connectivity index (χ1n) is 12.4. The number of benzene rings is 1. The van der Waals surface area contributed by atoms with E-state index in [2.05, 4.69) is 5.32 Å². The maximum absolute atomic E-state index is 13.5. The lowest BCUT2D eigenvalue weighted by Crippen LogP contribution is -2.76. The number of carbonyl (C=O) groups excluding carboxylic acids is 3. The molecule has 2 atom stereocenters. The monoisotopic (exact) mass is 455 g/mol. The number of carbonyl (C=O) groups is 3. The van der Waals surface area contributed by atoms with Crippen molar-refractivity contribution in [1.29, 1.82) is 0 Å². The van der Waals surface area contributed by atoms with Crippen molar-refractivity contribution in [2.24, 2.45) is 5.92 Å². The zero-order valence-electron chi connectivity index (χ0n) is 19.9. The molecule has 1 aromatic carbocycles. The van der Waals surface area contributed by atoms with Gasteiger partial charge in [-0.05, 0) is 30.7 Å². The molecular formula is C25H37N5O3. The van der Waals surface area contributed by atoms with Crippen molar-refractivity contribution in [3.63, 3.8) is 0 Å². The van der Waals surface area contributed by atoms with Crippen molar-refractivity contribution in [1.82, 2.24) is 25.1 Å². The van der Waals surface area contributed by atoms with Gasteiger partial charge in [0, 0.05) is 20.1 Å². The SMILES string of the molecule is CCC[C@H]1C(=O)N(CC2CCCCC2)C[C@H]2N1C(=O)CN(C)N2C(=O)NCc1ccccc1. The van der Waals surface area contributed by atoms with Crippen molar-refractivity contribution < 1.29 is 14.4 Å². The molecule has 1 aromatic rings. The minimum atomic E-state index is -0.497. The van der Waals surface area contributed by atoms with E-state index < -0.39 is 12.2 Å². The van der Waals surface area contributed by atoms with Gasteiger partial charge >= 0.3 is 6.03 Å². The first kappa shape index (κ1) is 23.5. The molecule has 2 aliphatic heterocycles. The molecule has 0 spiro atoms. The number of hydrogen-bond acceptors (Lipinski definition) is 4. The number of likely N-dealkylation sites (N-methyl/N-ethyl adjacent to an activating group) is 1. The van der Waals surface area contributed by atoms with Gasteiger partial charge in [-0.2, -0.15) is 0 Å². The number of hydrazine groups is 1. The Balaban J connectivity index is 1.55. The Hall–Kier alpha value is -2.61. The summed E-state index contributed by atoms with van der Waals surface area (Å²) in [4.78, 5) is 43.5. The number of nitrogens with one attached hydrogen (secondary N) is 1. The fourth-order valence-corrected chi connectivity index (χ4v) is 5.56. The molecule has 0 bridgehead atoms. The second-order valence-corrected chi connectivity index (χ2v) is 9.64. The van der Waals surface area contributed by atoms with Gasteiger partial charge in [0.15, 0.2) is 0 Å². The third kappa shape index (κ3) is 5.16. The Morgan fingerprint density at radius 2 is 1.82 bits per heavy atom. The number of piperazine rings is 1. The van der Waals surface area contributed by atoms with Crippen molar-refractivity contribution in [3.8, 4) is 0 Å². The first-order valence-corrected chi connectivity index (χ1v) is 12.4. The predicted octanol–water partition coefficient (Wildman–Crippen LogP) is 2.80. The number of hydrogen-bond donors (Lipinski definition) is 1. The number of urea groups is 1. The van der Waals surface area contributed by atoms with Crippen molar-refractivity contribution in [3.05, 3.63) is 35.9 Å². The van der Waals surface area contributed by atoms with Crippen LogP contribution in [0.4, 0.5) is 4.79 Å². The van der Waals surface area contributed by atoms with Gasteiger partial charge in [-0.1, -0.05) is 62.9 Å². The molecule has 1 aliphatic carbocycles. The number of rotatable bonds is 6. The van der Waals surface area contributed by atoms with Crippen LogP contribution in [0.3, 0.4) is 0 Å². The van der Waals surface area contributed by atoms with E-state index in [-0.39, 0.29) is 24.4 Å². The molecule has 3 fully saturated rings. The summed E-state index contributed by atoms with van der Waals surface area (Å²) in [7, 11) is 1.77. The van der Waals surface area contributed by atoms with Crippen LogP contribution < -0.4 is 5.32 Å². The van der Waals surface area contributed by atoms with Gasteiger partial charge in [0.2, 0.25) is 11.8 Å². The van der Waals surface area contributed by atoms with E-state index in [0.717, 1.165) is 31.4 Å². The largest absolute Gasteiger partial charge is 0.337 e. The highest BCUT2D eigenvalue weighted by molar-refractivity contribution is 5.91. The predicted molar refractivity (Wildman–Crippen MR) is 126 cm³/mol. The van der Waals surface area contributed by atoms with E-state index in [9.17, 15) is 14.4 Å². The molecule has 8 heteroatoms. The molecule has 33 heavy (non-hydrogen) atoms. The Labute approximate surface area is 196 Å². The van der Waals surface area contributed by atoms with Crippen LogP contribution in [-0.2, 0) is 16.1 Å². The van der Waals surface area contributed by atoms with Crippen LogP contribution in [-0.4, -0.2) is 76.6 Å². The summed E-state index contributed by atoms with van der Waals surface area (Å²) >= 11 is 0. The minimum Gasteiger partial charge on any atom is -0.337 e. The number of nitrogens with zero attached hydrogens (tertiary/aromatic N) is 4. The molecule has 0 radical (unpaired) electrons. The van der Waals surface area contributed by atoms with Gasteiger partial charge in [-0.15, -0.1) is 0 Å². The van der Waals surface area contributed by atoms with Crippen LogP contribution in [0.5, 0.6) is 0 Å². The Morgan fingerprint density at radius 3 is 2.52 bits per heavy atom. The van der Waals surface area contributed by atoms with Crippen molar-refractivity contribution in [2.75, 3.05) is 26.7 Å². The van der Waals surface area contributed by atoms with E-state index in [0.29, 0.717) is 25.4 Å². The lowest BCUT2D eigenvalue weighted by molar-refractivity contribution is -0.188. The molecule has 180 valence electrons. The normalized spacial score (nSPS) is 24.7. The van der Waals surface area contributed by atoms with Crippen LogP contribution in [0.1, 0.15) is 57.4 Å². The smallest absolute Gasteiger partial charge is 0.334 e. The molecule has 2 saturated heterocycles. The number of amides is 4. The van der Waals surface area contributed by atoms with Crippen LogP contribution >= 0.6 is 0 Å². The van der Waals surface area contributed by atoms with Gasteiger partial charge in [-0.25, -0.2) is 14.8 Å². The molecule has 1 saturated carbocycles. The fraction of sp³-hybridized carbons (Fsp3) is 0.640. The summed E-state index contributed by atoms with van der Waals surface area (Å²) in [5.74, 6) is 0.467. The lowest BCUT2D eigenvalue weighted by Gasteiger charge is -2.54. The maximum atomic E-state index is 13.5. The van der Waals surface area contributed by atoms with Crippen LogP contribution in [0.2, 0.25) is 0 Å². The molecule has 1 N–H and O–H groups in total. The van der Waals surface area contributed by atoms with E-state index in [1.807, 2.05) is 42.2 Å². The lowest BCUT2D eigenvalue weighted by atomic mass is 9.88. The fourth-order valence-electron chi connectivity index (χ4n) is 5.56. The van der Waals surface area contributed by atoms with Crippen LogP contribution in [0.15, 0.2) is 30.3 Å². The highest BCUT2D eigenvalue weighted by atomic mass is 16.2. The summed E-state index contributed by atoms with van der Waals surface area (Å²) in [6.07, 6.45) is 6.95. The average molecular weight is 456 g/mol. The third-order valence-corrected chi connectivity index (χ3v) is 7.20. The standard InChI is InChI=1S/C25H37N5O3/c1-3-10-21-24(32)28(16-20-13-8-5-9-14-20)17-22-29(21)23(31)18-27(2)30(22)25(33)26-15-19-11-6-4-7-12-19/h4,6-7,11-12,20-22H,3,5,8-10,13-18H2,1-2H3,(H,26,33)/t21-,22-/m0/s1. The van der Waals surface area contributed by atoms with Gasteiger partial charge in [0.05, 0.1) is 13.1 Å². The minimum absolute atomic E-state index is 0.0428. The summed E-state index contributed by atoms with van der Waals surface area (Å²) in [5, 5.41) is 6.35. The second kappa shape index (κ2) is 10.5. The Morgan fingerprint density at radius 1 is 1.09 bits per heavy atom. The molecule has 4 amide bonds. The zero-order valence-corrected chi connectivity index (χ0v) is 19.9. The molecule has 0 unspecified atom stereocenters. The molecule has 4 rings (SSSR count). The molecule has 8 nitrogen and oxygen atoms in total. The van der Waals surface area contributed by atoms with Gasteiger partial charge in [0.25, 0.3) is 0 Å². The van der Waals surface area contributed by atoms with E-state index >= 15 is 0 Å².